The van der Waals surface area contributed by atoms with Gasteiger partial charge in [-0.25, -0.2) is 4.79 Å². The van der Waals surface area contributed by atoms with Crippen LogP contribution in [-0.2, 0) is 16.0 Å². The molecule has 1 atom stereocenters. The normalized spacial score (nSPS) is 21.7. The van der Waals surface area contributed by atoms with Gasteiger partial charge in [-0.1, -0.05) is 24.6 Å². The molecule has 144 valence electrons. The minimum absolute atomic E-state index is 0.353. The number of benzene rings is 2. The molecule has 2 aromatic rings. The van der Waals surface area contributed by atoms with E-state index < -0.39 is 17.9 Å². The summed E-state index contributed by atoms with van der Waals surface area (Å²) in [6.07, 6.45) is 4.65. The van der Waals surface area contributed by atoms with E-state index in [1.54, 1.807) is 24.3 Å². The Hall–Kier alpha value is -3.02. The van der Waals surface area contributed by atoms with Gasteiger partial charge in [-0.15, -0.1) is 0 Å². The van der Waals surface area contributed by atoms with Crippen molar-refractivity contribution < 1.29 is 23.8 Å². The second-order valence-electron chi connectivity index (χ2n) is 7.58. The van der Waals surface area contributed by atoms with E-state index >= 15 is 0 Å². The van der Waals surface area contributed by atoms with Crippen LogP contribution in [0.2, 0.25) is 0 Å². The number of ether oxygens (including phenoxy) is 3. The maximum atomic E-state index is 12.7. The van der Waals surface area contributed by atoms with Gasteiger partial charge >= 0.3 is 5.97 Å². The average Bonchev–Trinajstić information content (AvgIpc) is 3.05. The summed E-state index contributed by atoms with van der Waals surface area (Å²) in [5, 5.41) is 2.83. The SMILES string of the molecule is O=C1OC(C(=O)Nc2ccc3c(c2)OC2(CCCCC2)O3)Cc2ccccc21. The highest BCUT2D eigenvalue weighted by molar-refractivity contribution is 6.00. The molecule has 0 bridgehead atoms. The van der Waals surface area contributed by atoms with Crippen LogP contribution in [0, 0.1) is 0 Å². The fraction of sp³-hybridized carbons (Fsp3) is 0.364. The molecule has 0 radical (unpaired) electrons. The summed E-state index contributed by atoms with van der Waals surface area (Å²) in [4.78, 5) is 24.8. The van der Waals surface area contributed by atoms with Crippen molar-refractivity contribution in [3.8, 4) is 11.5 Å². The molecule has 3 aliphatic rings. The molecule has 0 saturated heterocycles. The molecule has 6 heteroatoms. The lowest BCUT2D eigenvalue weighted by molar-refractivity contribution is -0.125. The van der Waals surface area contributed by atoms with E-state index in [9.17, 15) is 9.59 Å². The zero-order valence-corrected chi connectivity index (χ0v) is 15.4. The number of rotatable bonds is 2. The molecule has 1 unspecified atom stereocenters. The van der Waals surface area contributed by atoms with E-state index in [-0.39, 0.29) is 5.91 Å². The number of nitrogens with one attached hydrogen (secondary N) is 1. The lowest BCUT2D eigenvalue weighted by Crippen LogP contribution is -2.40. The second-order valence-corrected chi connectivity index (χ2v) is 7.58. The highest BCUT2D eigenvalue weighted by atomic mass is 16.7. The Balaban J connectivity index is 1.30. The summed E-state index contributed by atoms with van der Waals surface area (Å²) in [5.41, 5.74) is 1.94. The first kappa shape index (κ1) is 17.1. The smallest absolute Gasteiger partial charge is 0.339 e. The van der Waals surface area contributed by atoms with Crippen LogP contribution in [0.3, 0.4) is 0 Å². The van der Waals surface area contributed by atoms with Gasteiger partial charge in [0.2, 0.25) is 0 Å². The van der Waals surface area contributed by atoms with Gasteiger partial charge in [0.25, 0.3) is 11.7 Å². The predicted molar refractivity (Wildman–Crippen MR) is 101 cm³/mol. The van der Waals surface area contributed by atoms with Crippen molar-refractivity contribution in [2.45, 2.75) is 50.4 Å². The topological polar surface area (TPSA) is 73.9 Å². The number of carbonyl (C=O) groups is 2. The second kappa shape index (κ2) is 6.55. The van der Waals surface area contributed by atoms with Crippen LogP contribution in [0.4, 0.5) is 5.69 Å². The maximum absolute atomic E-state index is 12.7. The quantitative estimate of drug-likeness (QED) is 0.803. The monoisotopic (exact) mass is 379 g/mol. The van der Waals surface area contributed by atoms with Crippen molar-refractivity contribution in [2.75, 3.05) is 5.32 Å². The molecular formula is C22H21NO5. The van der Waals surface area contributed by atoms with Crippen LogP contribution in [-0.4, -0.2) is 23.8 Å². The first-order valence-corrected chi connectivity index (χ1v) is 9.74. The maximum Gasteiger partial charge on any atom is 0.339 e. The Morgan fingerprint density at radius 3 is 2.64 bits per heavy atom. The molecule has 28 heavy (non-hydrogen) atoms. The minimum Gasteiger partial charge on any atom is -0.448 e. The van der Waals surface area contributed by atoms with E-state index in [0.29, 0.717) is 29.2 Å². The van der Waals surface area contributed by atoms with Gasteiger partial charge < -0.3 is 19.5 Å². The summed E-state index contributed by atoms with van der Waals surface area (Å²) in [6, 6.07) is 12.6. The first-order valence-electron chi connectivity index (χ1n) is 9.74. The average molecular weight is 379 g/mol. The number of anilines is 1. The third-order valence-corrected chi connectivity index (χ3v) is 5.60. The van der Waals surface area contributed by atoms with E-state index in [4.69, 9.17) is 14.2 Å². The predicted octanol–water partition coefficient (Wildman–Crippen LogP) is 3.84. The number of esters is 1. The number of fused-ring (bicyclic) bond motifs is 2. The molecule has 1 saturated carbocycles. The molecule has 1 N–H and O–H groups in total. The number of hydrogen-bond donors (Lipinski definition) is 1. The van der Waals surface area contributed by atoms with Crippen molar-refractivity contribution in [2.24, 2.45) is 0 Å². The van der Waals surface area contributed by atoms with Crippen molar-refractivity contribution in [3.63, 3.8) is 0 Å². The fourth-order valence-electron chi connectivity index (χ4n) is 4.17. The molecule has 0 aromatic heterocycles. The zero-order valence-electron chi connectivity index (χ0n) is 15.4. The van der Waals surface area contributed by atoms with Crippen molar-refractivity contribution in [1.29, 1.82) is 0 Å². The van der Waals surface area contributed by atoms with Crippen molar-refractivity contribution in [3.05, 3.63) is 53.6 Å². The van der Waals surface area contributed by atoms with Gasteiger partial charge in [-0.3, -0.25) is 4.79 Å². The zero-order chi connectivity index (χ0) is 19.1. The Labute approximate surface area is 162 Å². The standard InChI is InChI=1S/C22H21NO5/c24-20(19-12-14-6-2-3-7-16(14)21(25)26-19)23-15-8-9-17-18(13-15)28-22(27-17)10-4-1-5-11-22/h2-3,6-9,13,19H,1,4-5,10-12H2,(H,23,24). The summed E-state index contributed by atoms with van der Waals surface area (Å²) >= 11 is 0. The van der Waals surface area contributed by atoms with Crippen LogP contribution in [0.5, 0.6) is 11.5 Å². The van der Waals surface area contributed by atoms with Crippen LogP contribution in [0.1, 0.15) is 48.0 Å². The number of amides is 1. The Kier molecular flexibility index (Phi) is 4.00. The van der Waals surface area contributed by atoms with E-state index in [0.717, 1.165) is 31.2 Å². The van der Waals surface area contributed by atoms with Crippen LogP contribution < -0.4 is 14.8 Å². The van der Waals surface area contributed by atoms with Gasteiger partial charge in [0.1, 0.15) is 0 Å². The van der Waals surface area contributed by atoms with Crippen molar-refractivity contribution in [1.82, 2.24) is 0 Å². The number of carbonyl (C=O) groups excluding carboxylic acids is 2. The molecule has 1 amide bonds. The third kappa shape index (κ3) is 2.99. The molecule has 2 aromatic carbocycles. The summed E-state index contributed by atoms with van der Waals surface area (Å²) < 4.78 is 17.5. The first-order chi connectivity index (χ1) is 13.6. The third-order valence-electron chi connectivity index (χ3n) is 5.60. The van der Waals surface area contributed by atoms with Gasteiger partial charge in [-0.2, -0.15) is 0 Å². The van der Waals surface area contributed by atoms with Gasteiger partial charge in [0, 0.05) is 31.0 Å². The number of cyclic esters (lactones) is 1. The Morgan fingerprint density at radius 2 is 1.79 bits per heavy atom. The van der Waals surface area contributed by atoms with E-state index in [1.807, 2.05) is 18.2 Å². The molecule has 1 fully saturated rings. The number of hydrogen-bond acceptors (Lipinski definition) is 5. The molecule has 2 aliphatic heterocycles. The van der Waals surface area contributed by atoms with Gasteiger partial charge in [0.15, 0.2) is 17.6 Å². The highest BCUT2D eigenvalue weighted by Crippen LogP contribution is 2.46. The van der Waals surface area contributed by atoms with Gasteiger partial charge in [-0.05, 0) is 36.6 Å². The summed E-state index contributed by atoms with van der Waals surface area (Å²) in [7, 11) is 0. The highest BCUT2D eigenvalue weighted by Gasteiger charge is 2.42. The fourth-order valence-corrected chi connectivity index (χ4v) is 4.17. The lowest BCUT2D eigenvalue weighted by Gasteiger charge is -2.31. The lowest BCUT2D eigenvalue weighted by atomic mass is 9.94. The van der Waals surface area contributed by atoms with Crippen molar-refractivity contribution >= 4 is 17.6 Å². The Bertz CT molecular complexity index is 948. The van der Waals surface area contributed by atoms with E-state index in [1.165, 1.54) is 6.42 Å². The molecule has 6 nitrogen and oxygen atoms in total. The minimum atomic E-state index is -0.850. The molecular weight excluding hydrogens is 358 g/mol. The molecule has 1 spiro atoms. The largest absolute Gasteiger partial charge is 0.448 e. The molecule has 2 heterocycles. The summed E-state index contributed by atoms with van der Waals surface area (Å²) in [5.74, 6) is -0.0177. The Morgan fingerprint density at radius 1 is 1.00 bits per heavy atom. The van der Waals surface area contributed by atoms with Crippen LogP contribution >= 0.6 is 0 Å². The van der Waals surface area contributed by atoms with Crippen LogP contribution in [0.15, 0.2) is 42.5 Å². The van der Waals surface area contributed by atoms with E-state index in [2.05, 4.69) is 5.32 Å². The molecule has 5 rings (SSSR count). The van der Waals surface area contributed by atoms with Crippen LogP contribution in [0.25, 0.3) is 0 Å². The molecule has 1 aliphatic carbocycles. The summed E-state index contributed by atoms with van der Waals surface area (Å²) in [6.45, 7) is 0. The van der Waals surface area contributed by atoms with Gasteiger partial charge in [0.05, 0.1) is 5.56 Å².